The van der Waals surface area contributed by atoms with Crippen LogP contribution in [0.25, 0.3) is 33.1 Å². The molecule has 8 nitrogen and oxygen atoms in total. The highest BCUT2D eigenvalue weighted by atomic mass is 16.5. The van der Waals surface area contributed by atoms with E-state index in [0.717, 1.165) is 67.5 Å². The van der Waals surface area contributed by atoms with Crippen molar-refractivity contribution in [2.24, 2.45) is 7.05 Å². The molecule has 0 bridgehead atoms. The second-order valence-electron chi connectivity index (χ2n) is 8.48. The number of hydrogen-bond acceptors (Lipinski definition) is 6. The number of nitrogens with zero attached hydrogens (tertiary/aromatic N) is 4. The zero-order valence-electron chi connectivity index (χ0n) is 18.5. The molecule has 1 fully saturated rings. The van der Waals surface area contributed by atoms with Gasteiger partial charge in [0.25, 0.3) is 0 Å². The Kier molecular flexibility index (Phi) is 4.05. The lowest BCUT2D eigenvalue weighted by Crippen LogP contribution is -1.99. The average molecular weight is 428 g/mol. The third-order valence-corrected chi connectivity index (χ3v) is 6.27. The highest BCUT2D eigenvalue weighted by molar-refractivity contribution is 6.14. The Hall–Kier alpha value is -3.81. The number of aromatic amines is 1. The van der Waals surface area contributed by atoms with Gasteiger partial charge in [0.05, 0.1) is 35.1 Å². The first kappa shape index (κ1) is 18.9. The molecule has 2 N–H and O–H groups in total. The number of pyridine rings is 1. The predicted molar refractivity (Wildman–Crippen MR) is 124 cm³/mol. The van der Waals surface area contributed by atoms with E-state index in [1.807, 2.05) is 37.8 Å². The summed E-state index contributed by atoms with van der Waals surface area (Å²) in [6.07, 6.45) is 4.27. The van der Waals surface area contributed by atoms with Crippen molar-refractivity contribution >= 4 is 33.4 Å². The Balaban J connectivity index is 1.52. The predicted octanol–water partition coefficient (Wildman–Crippen LogP) is 5.35. The Labute approximate surface area is 184 Å². The van der Waals surface area contributed by atoms with E-state index in [1.54, 1.807) is 7.11 Å². The molecule has 0 unspecified atom stereocenters. The molecule has 4 heterocycles. The molecular weight excluding hydrogens is 404 g/mol. The average Bonchev–Trinajstić information content (AvgIpc) is 3.37. The maximum atomic E-state index is 5.78. The van der Waals surface area contributed by atoms with Crippen molar-refractivity contribution < 1.29 is 9.26 Å². The molecule has 0 spiro atoms. The molecule has 32 heavy (non-hydrogen) atoms. The first-order valence-electron chi connectivity index (χ1n) is 10.8. The second kappa shape index (κ2) is 6.85. The fourth-order valence-corrected chi connectivity index (χ4v) is 4.51. The third-order valence-electron chi connectivity index (χ3n) is 6.27. The molecule has 162 valence electrons. The van der Waals surface area contributed by atoms with Crippen LogP contribution in [-0.2, 0) is 7.05 Å². The standard InChI is InChI=1S/C24H24N6O2/c1-12-22(13(2)32-29-12)16-9-19-15(10-20(16)31-4)23-17(7-8-25-24(23)27-19)26-21-11-18(14-5-6-14)28-30(21)3/h7-11,14H,5-6H2,1-4H3,(H2,25,26,27). The number of methoxy groups -OCH3 is 1. The number of anilines is 2. The Morgan fingerprint density at radius 2 is 2.06 bits per heavy atom. The van der Waals surface area contributed by atoms with Crippen LogP contribution in [0, 0.1) is 13.8 Å². The summed E-state index contributed by atoms with van der Waals surface area (Å²) in [5, 5.41) is 14.4. The van der Waals surface area contributed by atoms with Crippen LogP contribution in [0.1, 0.15) is 35.9 Å². The Morgan fingerprint density at radius 3 is 2.78 bits per heavy atom. The molecule has 0 aliphatic heterocycles. The summed E-state index contributed by atoms with van der Waals surface area (Å²) in [5.41, 5.74) is 6.64. The van der Waals surface area contributed by atoms with Gasteiger partial charge in [-0.15, -0.1) is 0 Å². The SMILES string of the molecule is COc1cc2c(cc1-c1c(C)noc1C)[nH]c1nccc(Nc3cc(C4CC4)nn3C)c12. The largest absolute Gasteiger partial charge is 0.496 e. The molecule has 1 aliphatic rings. The number of hydrogen-bond donors (Lipinski definition) is 2. The van der Waals surface area contributed by atoms with Crippen molar-refractivity contribution in [3.05, 3.63) is 47.6 Å². The van der Waals surface area contributed by atoms with Gasteiger partial charge in [0.2, 0.25) is 0 Å². The first-order valence-corrected chi connectivity index (χ1v) is 10.8. The summed E-state index contributed by atoms with van der Waals surface area (Å²) in [7, 11) is 3.66. The van der Waals surface area contributed by atoms with Crippen LogP contribution in [0.5, 0.6) is 5.75 Å². The van der Waals surface area contributed by atoms with E-state index < -0.39 is 0 Å². The highest BCUT2D eigenvalue weighted by Crippen LogP contribution is 2.42. The zero-order valence-corrected chi connectivity index (χ0v) is 18.5. The molecule has 5 aromatic rings. The normalized spacial score (nSPS) is 13.9. The lowest BCUT2D eigenvalue weighted by Gasteiger charge is -2.10. The summed E-state index contributed by atoms with van der Waals surface area (Å²) < 4.78 is 13.1. The minimum absolute atomic E-state index is 0.606. The maximum Gasteiger partial charge on any atom is 0.141 e. The van der Waals surface area contributed by atoms with E-state index >= 15 is 0 Å². The number of rotatable bonds is 5. The fourth-order valence-electron chi connectivity index (χ4n) is 4.51. The Morgan fingerprint density at radius 1 is 1.22 bits per heavy atom. The third kappa shape index (κ3) is 2.86. The Bertz CT molecular complexity index is 1470. The molecule has 0 atom stereocenters. The monoisotopic (exact) mass is 428 g/mol. The molecule has 0 radical (unpaired) electrons. The smallest absolute Gasteiger partial charge is 0.141 e. The number of nitrogens with one attached hydrogen (secondary N) is 2. The highest BCUT2D eigenvalue weighted by Gasteiger charge is 2.27. The van der Waals surface area contributed by atoms with E-state index in [2.05, 4.69) is 43.7 Å². The van der Waals surface area contributed by atoms with Gasteiger partial charge in [-0.3, -0.25) is 4.68 Å². The van der Waals surface area contributed by atoms with Crippen molar-refractivity contribution in [2.45, 2.75) is 32.6 Å². The van der Waals surface area contributed by atoms with Gasteiger partial charge in [-0.2, -0.15) is 5.10 Å². The molecule has 1 saturated carbocycles. The minimum Gasteiger partial charge on any atom is -0.496 e. The van der Waals surface area contributed by atoms with Gasteiger partial charge in [-0.05, 0) is 44.9 Å². The van der Waals surface area contributed by atoms with Gasteiger partial charge < -0.3 is 19.6 Å². The van der Waals surface area contributed by atoms with Gasteiger partial charge in [-0.1, -0.05) is 5.16 Å². The molecule has 0 saturated heterocycles. The molecule has 1 aromatic carbocycles. The van der Waals surface area contributed by atoms with E-state index in [-0.39, 0.29) is 0 Å². The van der Waals surface area contributed by atoms with Gasteiger partial charge in [-0.25, -0.2) is 4.98 Å². The maximum absolute atomic E-state index is 5.78. The van der Waals surface area contributed by atoms with Crippen LogP contribution >= 0.6 is 0 Å². The molecule has 6 rings (SSSR count). The number of fused-ring (bicyclic) bond motifs is 3. The van der Waals surface area contributed by atoms with Crippen molar-refractivity contribution in [3.63, 3.8) is 0 Å². The van der Waals surface area contributed by atoms with Gasteiger partial charge in [0, 0.05) is 41.7 Å². The van der Waals surface area contributed by atoms with Crippen molar-refractivity contribution in [1.82, 2.24) is 24.9 Å². The molecule has 4 aromatic heterocycles. The number of aromatic nitrogens is 5. The van der Waals surface area contributed by atoms with Crippen molar-refractivity contribution in [2.75, 3.05) is 12.4 Å². The van der Waals surface area contributed by atoms with Crippen molar-refractivity contribution in [3.8, 4) is 16.9 Å². The van der Waals surface area contributed by atoms with Crippen molar-refractivity contribution in [1.29, 1.82) is 0 Å². The summed E-state index contributed by atoms with van der Waals surface area (Å²) in [5.74, 6) is 3.10. The summed E-state index contributed by atoms with van der Waals surface area (Å²) in [6.45, 7) is 3.85. The van der Waals surface area contributed by atoms with Crippen LogP contribution in [0.2, 0.25) is 0 Å². The number of ether oxygens (including phenoxy) is 1. The molecule has 8 heteroatoms. The van der Waals surface area contributed by atoms with Crippen LogP contribution < -0.4 is 10.1 Å². The van der Waals surface area contributed by atoms with Crippen LogP contribution in [0.4, 0.5) is 11.5 Å². The summed E-state index contributed by atoms with van der Waals surface area (Å²) >= 11 is 0. The number of H-pyrrole nitrogens is 1. The lowest BCUT2D eigenvalue weighted by atomic mass is 10.0. The topological polar surface area (TPSA) is 93.8 Å². The molecule has 0 amide bonds. The van der Waals surface area contributed by atoms with Crippen LogP contribution in [0.3, 0.4) is 0 Å². The molecular formula is C24H24N6O2. The summed E-state index contributed by atoms with van der Waals surface area (Å²) in [6, 6.07) is 8.28. The zero-order chi connectivity index (χ0) is 22.0. The van der Waals surface area contributed by atoms with Gasteiger partial charge in [0.15, 0.2) is 0 Å². The second-order valence-corrected chi connectivity index (χ2v) is 8.48. The van der Waals surface area contributed by atoms with Crippen LogP contribution in [-0.4, -0.2) is 32.0 Å². The van der Waals surface area contributed by atoms with Gasteiger partial charge in [0.1, 0.15) is 23.0 Å². The lowest BCUT2D eigenvalue weighted by molar-refractivity contribution is 0.393. The quantitative estimate of drug-likeness (QED) is 0.392. The van der Waals surface area contributed by atoms with E-state index in [4.69, 9.17) is 9.26 Å². The summed E-state index contributed by atoms with van der Waals surface area (Å²) in [4.78, 5) is 8.04. The minimum atomic E-state index is 0.606. The number of aryl methyl sites for hydroxylation is 3. The number of benzene rings is 1. The molecule has 1 aliphatic carbocycles. The first-order chi connectivity index (χ1) is 15.5. The van der Waals surface area contributed by atoms with Gasteiger partial charge >= 0.3 is 0 Å². The fraction of sp³-hybridized carbons (Fsp3) is 0.292. The van der Waals surface area contributed by atoms with E-state index in [1.165, 1.54) is 12.8 Å². The van der Waals surface area contributed by atoms with E-state index in [9.17, 15) is 0 Å². The van der Waals surface area contributed by atoms with Crippen LogP contribution in [0.15, 0.2) is 35.0 Å². The van der Waals surface area contributed by atoms with E-state index in [0.29, 0.717) is 5.92 Å².